The van der Waals surface area contributed by atoms with Gasteiger partial charge in [0.05, 0.1) is 12.7 Å². The minimum absolute atomic E-state index is 0.0477. The highest BCUT2D eigenvalue weighted by molar-refractivity contribution is 6.74. The molecule has 0 unspecified atom stereocenters. The van der Waals surface area contributed by atoms with Gasteiger partial charge in [0.25, 0.3) is 0 Å². The first-order valence-electron chi connectivity index (χ1n) is 7.76. The average Bonchev–Trinajstić information content (AvgIpc) is 2.33. The van der Waals surface area contributed by atoms with Crippen LogP contribution in [0.1, 0.15) is 47.0 Å². The minimum Gasteiger partial charge on any atom is -0.417 e. The maximum absolute atomic E-state index is 9.81. The maximum Gasteiger partial charge on any atom is 0.191 e. The zero-order chi connectivity index (χ0) is 15.8. The van der Waals surface area contributed by atoms with Gasteiger partial charge in [-0.15, -0.1) is 0 Å². The van der Waals surface area contributed by atoms with E-state index in [2.05, 4.69) is 39.2 Å². The molecule has 0 bridgehead atoms. The van der Waals surface area contributed by atoms with E-state index in [9.17, 15) is 5.11 Å². The molecule has 0 aliphatic heterocycles. The van der Waals surface area contributed by atoms with Gasteiger partial charge in [-0.2, -0.15) is 0 Å². The van der Waals surface area contributed by atoms with Gasteiger partial charge in [-0.1, -0.05) is 20.8 Å². The second-order valence-electron chi connectivity index (χ2n) is 7.25. The molecule has 0 aromatic carbocycles. The standard InChI is InChI=1S/C15H35NO3Si/c1-13(12-17)16-11-14(18)9-7-8-10-19-20(5,6)15(2,3)4/h13-14,16-18H,7-12H2,1-6H3/t13-,14+/m1/s1. The summed E-state index contributed by atoms with van der Waals surface area (Å²) in [4.78, 5) is 0. The first-order valence-corrected chi connectivity index (χ1v) is 10.7. The molecule has 0 radical (unpaired) electrons. The fourth-order valence-corrected chi connectivity index (χ4v) is 2.62. The van der Waals surface area contributed by atoms with E-state index in [-0.39, 0.29) is 23.8 Å². The number of aliphatic hydroxyl groups excluding tert-OH is 2. The molecule has 0 saturated carbocycles. The molecule has 0 spiro atoms. The first kappa shape index (κ1) is 20.1. The van der Waals surface area contributed by atoms with E-state index in [4.69, 9.17) is 9.53 Å². The van der Waals surface area contributed by atoms with E-state index in [1.807, 2.05) is 6.92 Å². The lowest BCUT2D eigenvalue weighted by atomic mass is 10.1. The summed E-state index contributed by atoms with van der Waals surface area (Å²) in [5, 5.41) is 22.0. The van der Waals surface area contributed by atoms with Crippen molar-refractivity contribution in [1.29, 1.82) is 0 Å². The van der Waals surface area contributed by atoms with Gasteiger partial charge in [0, 0.05) is 19.2 Å². The van der Waals surface area contributed by atoms with Crippen molar-refractivity contribution in [1.82, 2.24) is 5.32 Å². The Morgan fingerprint density at radius 1 is 1.20 bits per heavy atom. The Morgan fingerprint density at radius 3 is 2.30 bits per heavy atom. The highest BCUT2D eigenvalue weighted by Gasteiger charge is 2.36. The van der Waals surface area contributed by atoms with Gasteiger partial charge < -0.3 is 20.0 Å². The lowest BCUT2D eigenvalue weighted by Crippen LogP contribution is -2.41. The molecule has 0 aliphatic rings. The summed E-state index contributed by atoms with van der Waals surface area (Å²) in [5.41, 5.74) is 0. The Kier molecular flexibility index (Phi) is 9.18. The van der Waals surface area contributed by atoms with Crippen molar-refractivity contribution in [2.45, 2.75) is 77.2 Å². The Morgan fingerprint density at radius 2 is 1.80 bits per heavy atom. The van der Waals surface area contributed by atoms with Crippen LogP contribution in [0, 0.1) is 0 Å². The highest BCUT2D eigenvalue weighted by Crippen LogP contribution is 2.36. The molecule has 0 fully saturated rings. The molecule has 2 atom stereocenters. The number of aliphatic hydroxyl groups is 2. The molecule has 3 N–H and O–H groups in total. The van der Waals surface area contributed by atoms with Crippen molar-refractivity contribution in [3.05, 3.63) is 0 Å². The predicted octanol–water partition coefficient (Wildman–Crippen LogP) is 2.51. The minimum atomic E-state index is -1.62. The van der Waals surface area contributed by atoms with Gasteiger partial charge in [0.1, 0.15) is 0 Å². The highest BCUT2D eigenvalue weighted by atomic mass is 28.4. The van der Waals surface area contributed by atoms with Gasteiger partial charge in [0.2, 0.25) is 0 Å². The second kappa shape index (κ2) is 9.15. The lowest BCUT2D eigenvalue weighted by Gasteiger charge is -2.36. The van der Waals surface area contributed by atoms with E-state index in [0.29, 0.717) is 6.54 Å². The van der Waals surface area contributed by atoms with E-state index >= 15 is 0 Å². The van der Waals surface area contributed by atoms with Gasteiger partial charge in [0.15, 0.2) is 8.32 Å². The molecular weight excluding hydrogens is 270 g/mol. The normalized spacial score (nSPS) is 16.2. The molecule has 0 aliphatic carbocycles. The summed E-state index contributed by atoms with van der Waals surface area (Å²) < 4.78 is 6.10. The molecule has 20 heavy (non-hydrogen) atoms. The fraction of sp³-hybridized carbons (Fsp3) is 1.00. The van der Waals surface area contributed by atoms with Crippen molar-refractivity contribution in [3.8, 4) is 0 Å². The van der Waals surface area contributed by atoms with Crippen molar-refractivity contribution in [2.24, 2.45) is 0 Å². The fourth-order valence-electron chi connectivity index (χ4n) is 1.53. The quantitative estimate of drug-likeness (QED) is 0.429. The van der Waals surface area contributed by atoms with Gasteiger partial charge in [-0.05, 0) is 44.3 Å². The van der Waals surface area contributed by atoms with Crippen molar-refractivity contribution >= 4 is 8.32 Å². The smallest absolute Gasteiger partial charge is 0.191 e. The molecular formula is C15H35NO3Si. The molecule has 122 valence electrons. The third kappa shape index (κ3) is 8.37. The second-order valence-corrected chi connectivity index (χ2v) is 12.1. The van der Waals surface area contributed by atoms with Crippen LogP contribution in [0.25, 0.3) is 0 Å². The molecule has 0 rings (SSSR count). The van der Waals surface area contributed by atoms with Crippen LogP contribution in [0.4, 0.5) is 0 Å². The largest absolute Gasteiger partial charge is 0.417 e. The molecule has 0 aromatic rings. The summed E-state index contributed by atoms with van der Waals surface area (Å²) in [5.74, 6) is 0. The number of nitrogens with one attached hydrogen (secondary N) is 1. The SMILES string of the molecule is C[C@H](CO)NC[C@@H](O)CCCCO[Si](C)(C)C(C)(C)C. The summed E-state index contributed by atoms with van der Waals surface area (Å²) in [7, 11) is -1.62. The van der Waals surface area contributed by atoms with Crippen LogP contribution < -0.4 is 5.32 Å². The van der Waals surface area contributed by atoms with Crippen LogP contribution in [0.15, 0.2) is 0 Å². The van der Waals surface area contributed by atoms with Crippen LogP contribution >= 0.6 is 0 Å². The van der Waals surface area contributed by atoms with Crippen molar-refractivity contribution in [3.63, 3.8) is 0 Å². The van der Waals surface area contributed by atoms with Crippen LogP contribution in [0.5, 0.6) is 0 Å². The predicted molar refractivity (Wildman–Crippen MR) is 87.6 cm³/mol. The van der Waals surface area contributed by atoms with Crippen molar-refractivity contribution in [2.75, 3.05) is 19.8 Å². The first-order chi connectivity index (χ1) is 9.10. The van der Waals surface area contributed by atoms with E-state index in [1.54, 1.807) is 0 Å². The summed E-state index contributed by atoms with van der Waals surface area (Å²) >= 11 is 0. The third-order valence-electron chi connectivity index (χ3n) is 4.18. The zero-order valence-corrected chi connectivity index (χ0v) is 15.2. The monoisotopic (exact) mass is 305 g/mol. The number of rotatable bonds is 10. The van der Waals surface area contributed by atoms with E-state index < -0.39 is 8.32 Å². The maximum atomic E-state index is 9.81. The zero-order valence-electron chi connectivity index (χ0n) is 14.2. The molecule has 0 saturated heterocycles. The van der Waals surface area contributed by atoms with Crippen molar-refractivity contribution < 1.29 is 14.6 Å². The average molecular weight is 306 g/mol. The van der Waals surface area contributed by atoms with Gasteiger partial charge in [-0.3, -0.25) is 0 Å². The van der Waals surface area contributed by atoms with Gasteiger partial charge in [-0.25, -0.2) is 0 Å². The summed E-state index contributed by atoms with van der Waals surface area (Å²) in [6.07, 6.45) is 2.42. The Balaban J connectivity index is 3.67. The lowest BCUT2D eigenvalue weighted by molar-refractivity contribution is 0.145. The number of hydrogen-bond donors (Lipinski definition) is 3. The third-order valence-corrected chi connectivity index (χ3v) is 8.71. The Hall–Kier alpha value is 0.0569. The molecule has 0 aromatic heterocycles. The Labute approximate surface area is 126 Å². The van der Waals surface area contributed by atoms with Crippen LogP contribution in [-0.2, 0) is 4.43 Å². The summed E-state index contributed by atoms with van der Waals surface area (Å²) in [6, 6.07) is 0.0477. The molecule has 4 nitrogen and oxygen atoms in total. The van der Waals surface area contributed by atoms with Gasteiger partial charge >= 0.3 is 0 Å². The van der Waals surface area contributed by atoms with E-state index in [1.165, 1.54) is 0 Å². The Bertz CT molecular complexity index is 254. The number of hydrogen-bond acceptors (Lipinski definition) is 4. The van der Waals surface area contributed by atoms with Crippen LogP contribution in [0.2, 0.25) is 18.1 Å². The van der Waals surface area contributed by atoms with Crippen LogP contribution in [0.3, 0.4) is 0 Å². The number of unbranched alkanes of at least 4 members (excludes halogenated alkanes) is 1. The molecule has 0 amide bonds. The topological polar surface area (TPSA) is 61.7 Å². The van der Waals surface area contributed by atoms with E-state index in [0.717, 1.165) is 25.9 Å². The van der Waals surface area contributed by atoms with Crippen LogP contribution in [-0.4, -0.2) is 50.4 Å². The molecule has 0 heterocycles. The summed E-state index contributed by atoms with van der Waals surface area (Å²) in [6.45, 7) is 14.6. The molecule has 5 heteroatoms.